The summed E-state index contributed by atoms with van der Waals surface area (Å²) in [5.74, 6) is 1.35. The molecule has 2 aromatic rings. The first kappa shape index (κ1) is 26.2. The molecule has 6 nitrogen and oxygen atoms in total. The third kappa shape index (κ3) is 8.79. The first-order valence-corrected chi connectivity index (χ1v) is 11.6. The molecule has 33 heavy (non-hydrogen) atoms. The molecule has 0 aliphatic carbocycles. The quantitative estimate of drug-likeness (QED) is 0.491. The Morgan fingerprint density at radius 3 is 2.15 bits per heavy atom. The predicted molar refractivity (Wildman–Crippen MR) is 131 cm³/mol. The van der Waals surface area contributed by atoms with Crippen LogP contribution in [0, 0.1) is 6.92 Å². The molecule has 0 saturated carbocycles. The smallest absolute Gasteiger partial charge is 0.243 e. The molecule has 0 fully saturated rings. The van der Waals surface area contributed by atoms with E-state index in [1.54, 1.807) is 12.0 Å². The van der Waals surface area contributed by atoms with Crippen molar-refractivity contribution in [2.24, 2.45) is 0 Å². The lowest BCUT2D eigenvalue weighted by molar-refractivity contribution is -0.142. The van der Waals surface area contributed by atoms with Crippen LogP contribution in [-0.2, 0) is 16.1 Å². The minimum absolute atomic E-state index is 0.0609. The molecule has 0 aliphatic heterocycles. The highest BCUT2D eigenvalue weighted by molar-refractivity contribution is 5.88. The second-order valence-electron chi connectivity index (χ2n) is 9.30. The Morgan fingerprint density at radius 2 is 1.61 bits per heavy atom. The molecule has 0 aromatic heterocycles. The van der Waals surface area contributed by atoms with E-state index < -0.39 is 6.04 Å². The number of amides is 2. The van der Waals surface area contributed by atoms with Crippen LogP contribution in [0.5, 0.6) is 11.5 Å². The minimum Gasteiger partial charge on any atom is -0.497 e. The summed E-state index contributed by atoms with van der Waals surface area (Å²) < 4.78 is 11.0. The zero-order valence-corrected chi connectivity index (χ0v) is 20.8. The third-order valence-electron chi connectivity index (χ3n) is 5.22. The molecule has 0 aliphatic rings. The van der Waals surface area contributed by atoms with E-state index in [0.29, 0.717) is 32.4 Å². The molecule has 180 valence electrons. The van der Waals surface area contributed by atoms with E-state index in [2.05, 4.69) is 5.32 Å². The van der Waals surface area contributed by atoms with Crippen molar-refractivity contribution in [3.05, 3.63) is 59.7 Å². The molecule has 0 saturated heterocycles. The van der Waals surface area contributed by atoms with Crippen molar-refractivity contribution in [2.45, 2.75) is 72.0 Å². The first-order valence-electron chi connectivity index (χ1n) is 11.6. The Kier molecular flexibility index (Phi) is 9.76. The largest absolute Gasteiger partial charge is 0.497 e. The van der Waals surface area contributed by atoms with Crippen LogP contribution in [0.1, 0.15) is 58.1 Å². The number of carbonyl (C=O) groups is 2. The molecule has 2 aromatic carbocycles. The van der Waals surface area contributed by atoms with Crippen molar-refractivity contribution in [3.8, 4) is 11.5 Å². The standard InChI is InChI=1S/C27H38N2O4/c1-7-24(26(31)28-27(3,4)5)29(19-21-12-16-22(32-6)17-13-21)25(30)9-8-18-33-23-14-10-20(2)11-15-23/h10-17,24H,7-9,18-19H2,1-6H3,(H,28,31)/t24-/m0/s1. The van der Waals surface area contributed by atoms with Gasteiger partial charge in [0.2, 0.25) is 11.8 Å². The zero-order chi connectivity index (χ0) is 24.4. The monoisotopic (exact) mass is 454 g/mol. The summed E-state index contributed by atoms with van der Waals surface area (Å²) in [5.41, 5.74) is 1.74. The van der Waals surface area contributed by atoms with Crippen LogP contribution >= 0.6 is 0 Å². The summed E-state index contributed by atoms with van der Waals surface area (Å²) in [6.45, 7) is 10.6. The Balaban J connectivity index is 2.08. The van der Waals surface area contributed by atoms with Gasteiger partial charge in [-0.05, 0) is 70.4 Å². The van der Waals surface area contributed by atoms with Crippen molar-refractivity contribution >= 4 is 11.8 Å². The van der Waals surface area contributed by atoms with Gasteiger partial charge in [-0.3, -0.25) is 9.59 Å². The van der Waals surface area contributed by atoms with Crippen LogP contribution in [0.4, 0.5) is 0 Å². The van der Waals surface area contributed by atoms with E-state index in [4.69, 9.17) is 9.47 Å². The molecule has 0 bridgehead atoms. The van der Waals surface area contributed by atoms with Gasteiger partial charge >= 0.3 is 0 Å². The summed E-state index contributed by atoms with van der Waals surface area (Å²) in [7, 11) is 1.62. The minimum atomic E-state index is -0.545. The van der Waals surface area contributed by atoms with Crippen molar-refractivity contribution < 1.29 is 19.1 Å². The average Bonchev–Trinajstić information content (AvgIpc) is 2.77. The number of nitrogens with one attached hydrogen (secondary N) is 1. The van der Waals surface area contributed by atoms with Crippen LogP contribution in [0.15, 0.2) is 48.5 Å². The molecular weight excluding hydrogens is 416 g/mol. The predicted octanol–water partition coefficient (Wildman–Crippen LogP) is 4.88. The van der Waals surface area contributed by atoms with Gasteiger partial charge in [-0.2, -0.15) is 0 Å². The van der Waals surface area contributed by atoms with Crippen LogP contribution in [0.25, 0.3) is 0 Å². The number of hydrogen-bond donors (Lipinski definition) is 1. The summed E-state index contributed by atoms with van der Waals surface area (Å²) in [5, 5.41) is 3.03. The number of carbonyl (C=O) groups excluding carboxylic acids is 2. The Bertz CT molecular complexity index is 886. The van der Waals surface area contributed by atoms with Gasteiger partial charge in [0.1, 0.15) is 17.5 Å². The number of methoxy groups -OCH3 is 1. The highest BCUT2D eigenvalue weighted by Gasteiger charge is 2.30. The lowest BCUT2D eigenvalue weighted by atomic mass is 10.0. The van der Waals surface area contributed by atoms with E-state index >= 15 is 0 Å². The van der Waals surface area contributed by atoms with Crippen molar-refractivity contribution in [1.82, 2.24) is 10.2 Å². The molecule has 1 N–H and O–H groups in total. The number of rotatable bonds is 11. The van der Waals surface area contributed by atoms with Crippen LogP contribution in [0.2, 0.25) is 0 Å². The molecule has 0 spiro atoms. The maximum absolute atomic E-state index is 13.3. The summed E-state index contributed by atoms with van der Waals surface area (Å²) in [6.07, 6.45) is 1.41. The summed E-state index contributed by atoms with van der Waals surface area (Å²) >= 11 is 0. The molecule has 0 unspecified atom stereocenters. The average molecular weight is 455 g/mol. The number of hydrogen-bond acceptors (Lipinski definition) is 4. The van der Waals surface area contributed by atoms with Gasteiger partial charge < -0.3 is 19.7 Å². The summed E-state index contributed by atoms with van der Waals surface area (Å²) in [6, 6.07) is 14.9. The van der Waals surface area contributed by atoms with Gasteiger partial charge in [-0.1, -0.05) is 36.8 Å². The van der Waals surface area contributed by atoms with Crippen LogP contribution in [-0.4, -0.2) is 42.0 Å². The van der Waals surface area contributed by atoms with Gasteiger partial charge in [0, 0.05) is 18.5 Å². The first-order chi connectivity index (χ1) is 15.6. The fraction of sp³-hybridized carbons (Fsp3) is 0.481. The van der Waals surface area contributed by atoms with E-state index in [-0.39, 0.29) is 17.4 Å². The number of benzene rings is 2. The maximum atomic E-state index is 13.3. The van der Waals surface area contributed by atoms with Crippen molar-refractivity contribution in [1.29, 1.82) is 0 Å². The lowest BCUT2D eigenvalue weighted by Gasteiger charge is -2.33. The van der Waals surface area contributed by atoms with Gasteiger partial charge in [-0.15, -0.1) is 0 Å². The molecule has 0 heterocycles. The van der Waals surface area contributed by atoms with E-state index in [1.165, 1.54) is 5.56 Å². The highest BCUT2D eigenvalue weighted by atomic mass is 16.5. The van der Waals surface area contributed by atoms with E-state index in [9.17, 15) is 9.59 Å². The van der Waals surface area contributed by atoms with Gasteiger partial charge in [0.25, 0.3) is 0 Å². The molecular formula is C27H38N2O4. The molecule has 0 radical (unpaired) electrons. The second kappa shape index (κ2) is 12.3. The Labute approximate surface area is 198 Å². The molecule has 2 amide bonds. The summed E-state index contributed by atoms with van der Waals surface area (Å²) in [4.78, 5) is 28.0. The number of aryl methyl sites for hydroxylation is 1. The fourth-order valence-corrected chi connectivity index (χ4v) is 3.49. The van der Waals surface area contributed by atoms with E-state index in [1.807, 2.05) is 83.1 Å². The van der Waals surface area contributed by atoms with Crippen molar-refractivity contribution in [3.63, 3.8) is 0 Å². The van der Waals surface area contributed by atoms with Crippen molar-refractivity contribution in [2.75, 3.05) is 13.7 Å². The molecule has 6 heteroatoms. The highest BCUT2D eigenvalue weighted by Crippen LogP contribution is 2.18. The number of ether oxygens (including phenoxy) is 2. The Hall–Kier alpha value is -3.02. The molecule has 2 rings (SSSR count). The maximum Gasteiger partial charge on any atom is 0.243 e. The topological polar surface area (TPSA) is 67.9 Å². The second-order valence-corrected chi connectivity index (χ2v) is 9.30. The number of nitrogens with zero attached hydrogens (tertiary/aromatic N) is 1. The third-order valence-corrected chi connectivity index (χ3v) is 5.22. The van der Waals surface area contributed by atoms with Gasteiger partial charge in [-0.25, -0.2) is 0 Å². The zero-order valence-electron chi connectivity index (χ0n) is 20.8. The van der Waals surface area contributed by atoms with Gasteiger partial charge in [0.05, 0.1) is 13.7 Å². The van der Waals surface area contributed by atoms with Crippen LogP contribution in [0.3, 0.4) is 0 Å². The lowest BCUT2D eigenvalue weighted by Crippen LogP contribution is -2.53. The SMILES string of the molecule is CC[C@@H](C(=O)NC(C)(C)C)N(Cc1ccc(OC)cc1)C(=O)CCCOc1ccc(C)cc1. The normalized spacial score (nSPS) is 12.1. The molecule has 1 atom stereocenters. The van der Waals surface area contributed by atoms with Crippen LogP contribution < -0.4 is 14.8 Å². The fourth-order valence-electron chi connectivity index (χ4n) is 3.49. The van der Waals surface area contributed by atoms with E-state index in [0.717, 1.165) is 17.1 Å². The Morgan fingerprint density at radius 1 is 1.00 bits per heavy atom. The van der Waals surface area contributed by atoms with Gasteiger partial charge in [0.15, 0.2) is 0 Å².